The third kappa shape index (κ3) is 2.22. The largest absolute Gasteiger partial charge is 0.459 e. The van der Waals surface area contributed by atoms with E-state index in [0.717, 1.165) is 42.6 Å². The van der Waals surface area contributed by atoms with Crippen LogP contribution in [0.15, 0.2) is 0 Å². The van der Waals surface area contributed by atoms with Gasteiger partial charge < -0.3 is 9.84 Å². The number of hydrogen-bond acceptors (Lipinski definition) is 4. The second-order valence-electron chi connectivity index (χ2n) is 14.9. The summed E-state index contributed by atoms with van der Waals surface area (Å²) in [6, 6.07) is 0.719. The first kappa shape index (κ1) is 22.6. The third-order valence-electron chi connectivity index (χ3n) is 14.1. The van der Waals surface area contributed by atoms with Crippen molar-refractivity contribution in [3.05, 3.63) is 0 Å². The van der Waals surface area contributed by atoms with Gasteiger partial charge in [-0.05, 0) is 113 Å². The van der Waals surface area contributed by atoms with Crippen molar-refractivity contribution in [1.82, 2.24) is 4.90 Å². The standard InChI is InChI=1S/C30H47NO3/c1-18(2)20-9-13-26(3)19-8-15-29-12-6-7-22(29)30(26,24(20)31(29)17-19)16-10-21-27(4)14-11-23(32)28(21,5)25(33)34-27/h18-24,32H,6-17H2,1-5H3/t19-,20-,21+,22+,23+,24-,26-,27+,28-,29+,30-/m0/s1. The van der Waals surface area contributed by atoms with Crippen molar-refractivity contribution in [2.45, 2.75) is 129 Å². The number of fused-ring (bicyclic) bond motifs is 4. The Morgan fingerprint density at radius 2 is 1.85 bits per heavy atom. The Morgan fingerprint density at radius 1 is 1.06 bits per heavy atom. The topological polar surface area (TPSA) is 49.8 Å². The van der Waals surface area contributed by atoms with Crippen molar-refractivity contribution < 1.29 is 14.6 Å². The zero-order chi connectivity index (χ0) is 23.9. The lowest BCUT2D eigenvalue weighted by Gasteiger charge is -2.67. The van der Waals surface area contributed by atoms with Crippen LogP contribution in [0.25, 0.3) is 0 Å². The van der Waals surface area contributed by atoms with Gasteiger partial charge in [0.2, 0.25) is 0 Å². The van der Waals surface area contributed by atoms with E-state index in [1.165, 1.54) is 57.9 Å². The minimum atomic E-state index is -0.726. The van der Waals surface area contributed by atoms with Gasteiger partial charge >= 0.3 is 5.97 Å². The molecule has 3 aliphatic carbocycles. The van der Waals surface area contributed by atoms with Gasteiger partial charge in [-0.3, -0.25) is 9.69 Å². The molecule has 0 amide bonds. The molecule has 1 spiro atoms. The zero-order valence-corrected chi connectivity index (χ0v) is 22.2. The molecule has 190 valence electrons. The summed E-state index contributed by atoms with van der Waals surface area (Å²) in [7, 11) is 0. The highest BCUT2D eigenvalue weighted by Gasteiger charge is 2.80. The fourth-order valence-corrected chi connectivity index (χ4v) is 12.5. The molecule has 4 heterocycles. The lowest BCUT2D eigenvalue weighted by Crippen LogP contribution is -2.68. The van der Waals surface area contributed by atoms with Gasteiger partial charge in [0.25, 0.3) is 0 Å². The fraction of sp³-hybridized carbons (Fsp3) is 0.967. The van der Waals surface area contributed by atoms with Crippen LogP contribution >= 0.6 is 0 Å². The van der Waals surface area contributed by atoms with Gasteiger partial charge in [-0.25, -0.2) is 0 Å². The Bertz CT molecular complexity index is 919. The van der Waals surface area contributed by atoms with Gasteiger partial charge in [-0.15, -0.1) is 0 Å². The second-order valence-corrected chi connectivity index (χ2v) is 14.9. The Balaban J connectivity index is 1.34. The van der Waals surface area contributed by atoms with E-state index in [2.05, 4.69) is 32.6 Å². The van der Waals surface area contributed by atoms with Gasteiger partial charge in [0.15, 0.2) is 0 Å². The van der Waals surface area contributed by atoms with Crippen LogP contribution in [0.1, 0.15) is 105 Å². The van der Waals surface area contributed by atoms with E-state index in [9.17, 15) is 9.90 Å². The van der Waals surface area contributed by atoms with Gasteiger partial charge in [0.1, 0.15) is 5.60 Å². The Kier molecular flexibility index (Phi) is 4.40. The number of carbonyl (C=O) groups excluding carboxylic acids is 1. The maximum Gasteiger partial charge on any atom is 0.315 e. The monoisotopic (exact) mass is 469 g/mol. The number of carbonyl (C=O) groups is 1. The number of aliphatic hydroxyl groups is 1. The summed E-state index contributed by atoms with van der Waals surface area (Å²) in [6.45, 7) is 13.2. The van der Waals surface area contributed by atoms with Crippen LogP contribution in [0, 0.1) is 45.8 Å². The molecule has 4 saturated heterocycles. The predicted molar refractivity (Wildman–Crippen MR) is 132 cm³/mol. The molecule has 0 aromatic carbocycles. The van der Waals surface area contributed by atoms with Crippen LogP contribution in [0.4, 0.5) is 0 Å². The lowest BCUT2D eigenvalue weighted by atomic mass is 9.41. The Morgan fingerprint density at radius 3 is 2.62 bits per heavy atom. The first-order chi connectivity index (χ1) is 16.0. The normalized spacial score (nSPS) is 61.1. The molecule has 0 aromatic heterocycles. The van der Waals surface area contributed by atoms with Crippen LogP contribution in [0.2, 0.25) is 0 Å². The van der Waals surface area contributed by atoms with Crippen LogP contribution < -0.4 is 0 Å². The Hall–Kier alpha value is -0.610. The summed E-state index contributed by atoms with van der Waals surface area (Å²) in [4.78, 5) is 16.2. The molecule has 4 nitrogen and oxygen atoms in total. The van der Waals surface area contributed by atoms with E-state index >= 15 is 0 Å². The molecule has 4 aliphatic heterocycles. The zero-order valence-electron chi connectivity index (χ0n) is 22.2. The molecular weight excluding hydrogens is 422 g/mol. The molecule has 0 aromatic rings. The highest BCUT2D eigenvalue weighted by molar-refractivity contribution is 5.81. The molecule has 1 N–H and O–H groups in total. The van der Waals surface area contributed by atoms with E-state index in [-0.39, 0.29) is 11.9 Å². The molecular formula is C30H47NO3. The molecule has 12 atom stereocenters. The first-order valence-corrected chi connectivity index (χ1v) is 14.7. The quantitative estimate of drug-likeness (QED) is 0.547. The number of nitrogens with zero attached hydrogens (tertiary/aromatic N) is 1. The van der Waals surface area contributed by atoms with Crippen LogP contribution in [-0.4, -0.2) is 45.8 Å². The van der Waals surface area contributed by atoms with Crippen LogP contribution in [-0.2, 0) is 9.53 Å². The van der Waals surface area contributed by atoms with Crippen molar-refractivity contribution in [2.24, 2.45) is 45.8 Å². The molecule has 0 radical (unpaired) electrons. The van der Waals surface area contributed by atoms with Crippen molar-refractivity contribution in [1.29, 1.82) is 0 Å². The van der Waals surface area contributed by atoms with Crippen molar-refractivity contribution in [3.63, 3.8) is 0 Å². The SMILES string of the molecule is CC(C)[C@@H]1CC[C@@]2(C)[C@H]3CC[C@]45CCC[C@H]4[C@@]2(CC[C@H]2[C@]4(C)C(=O)O[C@]2(C)CC[C@H]4O)[C@H]1N5C3. The molecule has 7 fully saturated rings. The summed E-state index contributed by atoms with van der Waals surface area (Å²) in [5.74, 6) is 3.20. The second kappa shape index (κ2) is 6.63. The average Bonchev–Trinajstić information content (AvgIpc) is 3.31. The summed E-state index contributed by atoms with van der Waals surface area (Å²) < 4.78 is 6.08. The molecule has 7 aliphatic rings. The molecule has 1 unspecified atom stereocenters. The Labute approximate surface area is 206 Å². The van der Waals surface area contributed by atoms with Gasteiger partial charge in [0.05, 0.1) is 11.5 Å². The van der Waals surface area contributed by atoms with E-state index < -0.39 is 17.1 Å². The number of aliphatic hydroxyl groups excluding tert-OH is 1. The molecule has 7 bridgehead atoms. The van der Waals surface area contributed by atoms with E-state index in [0.29, 0.717) is 22.8 Å². The molecule has 3 saturated carbocycles. The molecule has 4 heteroatoms. The summed E-state index contributed by atoms with van der Waals surface area (Å²) >= 11 is 0. The predicted octanol–water partition coefficient (Wildman–Crippen LogP) is 5.56. The van der Waals surface area contributed by atoms with Gasteiger partial charge in [-0.1, -0.05) is 27.2 Å². The summed E-state index contributed by atoms with van der Waals surface area (Å²) in [6.07, 6.45) is 13.1. The minimum Gasteiger partial charge on any atom is -0.459 e. The van der Waals surface area contributed by atoms with Crippen molar-refractivity contribution in [3.8, 4) is 0 Å². The number of rotatable bonds is 4. The number of esters is 1. The van der Waals surface area contributed by atoms with Crippen molar-refractivity contribution >= 4 is 5.97 Å². The lowest BCUT2D eigenvalue weighted by molar-refractivity contribution is -0.186. The van der Waals surface area contributed by atoms with Crippen LogP contribution in [0.3, 0.4) is 0 Å². The van der Waals surface area contributed by atoms with Gasteiger partial charge in [-0.2, -0.15) is 0 Å². The number of hydrogen-bond donors (Lipinski definition) is 1. The number of ether oxygens (including phenoxy) is 1. The van der Waals surface area contributed by atoms with Crippen LogP contribution in [0.5, 0.6) is 0 Å². The first-order valence-electron chi connectivity index (χ1n) is 14.7. The highest BCUT2D eigenvalue weighted by atomic mass is 16.6. The van der Waals surface area contributed by atoms with E-state index in [4.69, 9.17) is 4.74 Å². The molecule has 7 rings (SSSR count). The summed E-state index contributed by atoms with van der Waals surface area (Å²) in [5.41, 5.74) is 0.131. The van der Waals surface area contributed by atoms with Crippen molar-refractivity contribution in [2.75, 3.05) is 6.54 Å². The average molecular weight is 470 g/mol. The van der Waals surface area contributed by atoms with E-state index in [1.807, 2.05) is 6.92 Å². The molecule has 34 heavy (non-hydrogen) atoms. The van der Waals surface area contributed by atoms with E-state index in [1.54, 1.807) is 0 Å². The number of piperidine rings is 2. The fourth-order valence-electron chi connectivity index (χ4n) is 12.5. The smallest absolute Gasteiger partial charge is 0.315 e. The summed E-state index contributed by atoms with van der Waals surface area (Å²) in [5, 5.41) is 11.0. The maximum absolute atomic E-state index is 13.1. The third-order valence-corrected chi connectivity index (χ3v) is 14.1. The maximum atomic E-state index is 13.1. The minimum absolute atomic E-state index is 0.136. The highest BCUT2D eigenvalue weighted by Crippen LogP contribution is 2.79. The van der Waals surface area contributed by atoms with Gasteiger partial charge in [0, 0.05) is 24.0 Å².